The minimum Gasteiger partial charge on any atom is -0.484 e. The molecule has 31 heavy (non-hydrogen) atoms. The molecule has 0 saturated carbocycles. The summed E-state index contributed by atoms with van der Waals surface area (Å²) in [7, 11) is 0. The minimum absolute atomic E-state index is 0.0000236. The van der Waals surface area contributed by atoms with Crippen molar-refractivity contribution < 1.29 is 22.7 Å². The number of carbonyl (C=O) groups excluding carboxylic acids is 1. The molecule has 1 atom stereocenters. The molecule has 1 aliphatic heterocycles. The number of nitrogens with zero attached hydrogens (tertiary/aromatic N) is 1. The van der Waals surface area contributed by atoms with Crippen LogP contribution in [0, 0.1) is 0 Å². The lowest BCUT2D eigenvalue weighted by Gasteiger charge is -2.26. The van der Waals surface area contributed by atoms with Crippen molar-refractivity contribution in [1.82, 2.24) is 4.90 Å². The predicted octanol–water partition coefficient (Wildman–Crippen LogP) is 5.45. The summed E-state index contributed by atoms with van der Waals surface area (Å²) in [6.07, 6.45) is -3.86. The zero-order chi connectivity index (χ0) is 21.8. The second kappa shape index (κ2) is 8.84. The Hall–Kier alpha value is -3.28. The van der Waals surface area contributed by atoms with Gasteiger partial charge in [0.2, 0.25) is 5.91 Å². The number of hydrogen-bond acceptors (Lipinski definition) is 2. The molecule has 3 nitrogen and oxygen atoms in total. The summed E-state index contributed by atoms with van der Waals surface area (Å²) in [5.41, 5.74) is 2.25. The Labute approximate surface area is 179 Å². The maximum Gasteiger partial charge on any atom is 0.416 e. The molecular weight excluding hydrogens is 403 g/mol. The van der Waals surface area contributed by atoms with Crippen LogP contribution in [0.4, 0.5) is 13.2 Å². The van der Waals surface area contributed by atoms with Crippen LogP contribution < -0.4 is 4.74 Å². The van der Waals surface area contributed by atoms with Gasteiger partial charge in [0.15, 0.2) is 0 Å². The Bertz CT molecular complexity index is 1030. The number of amides is 1. The fourth-order valence-electron chi connectivity index (χ4n) is 3.82. The molecule has 3 aromatic carbocycles. The summed E-state index contributed by atoms with van der Waals surface area (Å²) in [6.45, 7) is 0.902. The maximum absolute atomic E-state index is 13.0. The topological polar surface area (TPSA) is 29.5 Å². The van der Waals surface area contributed by atoms with E-state index in [1.54, 1.807) is 4.90 Å². The van der Waals surface area contributed by atoms with E-state index in [-0.39, 0.29) is 5.91 Å². The van der Waals surface area contributed by atoms with Crippen LogP contribution in [0.1, 0.15) is 28.4 Å². The summed E-state index contributed by atoms with van der Waals surface area (Å²) >= 11 is 0. The molecule has 1 heterocycles. The first-order valence-corrected chi connectivity index (χ1v) is 10.1. The van der Waals surface area contributed by atoms with E-state index in [0.717, 1.165) is 28.8 Å². The number of hydrogen-bond donors (Lipinski definition) is 0. The van der Waals surface area contributed by atoms with Crippen LogP contribution in [0.3, 0.4) is 0 Å². The normalized spacial score (nSPS) is 16.4. The highest BCUT2D eigenvalue weighted by Gasteiger charge is 2.31. The molecule has 6 heteroatoms. The summed E-state index contributed by atoms with van der Waals surface area (Å²) in [4.78, 5) is 14.7. The zero-order valence-corrected chi connectivity index (χ0v) is 16.8. The Morgan fingerprint density at radius 1 is 0.935 bits per heavy atom. The van der Waals surface area contributed by atoms with Gasteiger partial charge in [0.25, 0.3) is 0 Å². The molecule has 4 rings (SSSR count). The van der Waals surface area contributed by atoms with Crippen molar-refractivity contribution in [2.24, 2.45) is 0 Å². The van der Waals surface area contributed by atoms with Gasteiger partial charge in [-0.15, -0.1) is 0 Å². The van der Waals surface area contributed by atoms with Crippen LogP contribution in [0.25, 0.3) is 0 Å². The number of rotatable bonds is 4. The Morgan fingerprint density at radius 2 is 1.61 bits per heavy atom. The lowest BCUT2D eigenvalue weighted by Crippen LogP contribution is -2.36. The average molecular weight is 425 g/mol. The van der Waals surface area contributed by atoms with Crippen molar-refractivity contribution in [1.29, 1.82) is 0 Å². The Balaban J connectivity index is 1.55. The maximum atomic E-state index is 13.0. The molecule has 0 bridgehead atoms. The number of halogens is 3. The summed E-state index contributed by atoms with van der Waals surface area (Å²) in [5.74, 6) is 0.338. The van der Waals surface area contributed by atoms with Crippen LogP contribution in [-0.2, 0) is 23.8 Å². The lowest BCUT2D eigenvalue weighted by atomic mass is 10.0. The van der Waals surface area contributed by atoms with Gasteiger partial charge < -0.3 is 9.64 Å². The molecule has 1 unspecified atom stereocenters. The fraction of sp³-hybridized carbons (Fsp3) is 0.240. The number of fused-ring (bicyclic) bond motifs is 1. The second-order valence-electron chi connectivity index (χ2n) is 7.58. The average Bonchev–Trinajstić information content (AvgIpc) is 2.94. The summed E-state index contributed by atoms with van der Waals surface area (Å²) < 4.78 is 44.7. The second-order valence-corrected chi connectivity index (χ2v) is 7.58. The van der Waals surface area contributed by atoms with Crippen LogP contribution in [-0.4, -0.2) is 23.9 Å². The van der Waals surface area contributed by atoms with Crippen molar-refractivity contribution in [2.45, 2.75) is 25.1 Å². The van der Waals surface area contributed by atoms with Gasteiger partial charge in [0, 0.05) is 6.54 Å². The van der Waals surface area contributed by atoms with Crippen LogP contribution in [0.2, 0.25) is 0 Å². The fourth-order valence-corrected chi connectivity index (χ4v) is 3.82. The first-order valence-electron chi connectivity index (χ1n) is 10.1. The molecule has 0 saturated heterocycles. The van der Waals surface area contributed by atoms with E-state index in [4.69, 9.17) is 4.74 Å². The molecule has 160 valence electrons. The van der Waals surface area contributed by atoms with Gasteiger partial charge in [-0.1, -0.05) is 54.6 Å². The van der Waals surface area contributed by atoms with E-state index in [0.29, 0.717) is 31.7 Å². The van der Waals surface area contributed by atoms with Crippen molar-refractivity contribution >= 4 is 5.91 Å². The minimum atomic E-state index is -4.39. The number of ether oxygens (including phenoxy) is 1. The standard InChI is InChI=1S/C25H22F3NO2/c26-25(27,28)20-10-12-21(13-11-20)31-23-17-29(15-14-19-8-4-5-9-22(19)23)24(30)16-18-6-2-1-3-7-18/h1-13,23H,14-17H2. The number of benzene rings is 3. The van der Waals surface area contributed by atoms with Gasteiger partial charge in [0.05, 0.1) is 18.5 Å². The van der Waals surface area contributed by atoms with E-state index in [1.807, 2.05) is 54.6 Å². The third-order valence-electron chi connectivity index (χ3n) is 5.45. The molecule has 1 aliphatic rings. The summed E-state index contributed by atoms with van der Waals surface area (Å²) in [6, 6.07) is 22.0. The molecule has 0 fully saturated rings. The highest BCUT2D eigenvalue weighted by Crippen LogP contribution is 2.33. The number of alkyl halides is 3. The molecule has 3 aromatic rings. The molecule has 0 aromatic heterocycles. The zero-order valence-electron chi connectivity index (χ0n) is 16.8. The first kappa shape index (κ1) is 21.0. The van der Waals surface area contributed by atoms with Gasteiger partial charge in [-0.3, -0.25) is 4.79 Å². The van der Waals surface area contributed by atoms with Crippen molar-refractivity contribution in [3.05, 3.63) is 101 Å². The predicted molar refractivity (Wildman–Crippen MR) is 112 cm³/mol. The molecule has 0 spiro atoms. The van der Waals surface area contributed by atoms with Gasteiger partial charge in [0.1, 0.15) is 11.9 Å². The molecule has 0 aliphatic carbocycles. The van der Waals surface area contributed by atoms with Crippen molar-refractivity contribution in [3.63, 3.8) is 0 Å². The van der Waals surface area contributed by atoms with Crippen LogP contribution in [0.15, 0.2) is 78.9 Å². The largest absolute Gasteiger partial charge is 0.484 e. The highest BCUT2D eigenvalue weighted by atomic mass is 19.4. The Kier molecular flexibility index (Phi) is 5.98. The first-order chi connectivity index (χ1) is 14.9. The van der Waals surface area contributed by atoms with Gasteiger partial charge in [-0.2, -0.15) is 13.2 Å². The molecular formula is C25H22F3NO2. The van der Waals surface area contributed by atoms with Crippen LogP contribution in [0.5, 0.6) is 5.75 Å². The third kappa shape index (κ3) is 5.08. The van der Waals surface area contributed by atoms with E-state index in [1.165, 1.54) is 12.1 Å². The lowest BCUT2D eigenvalue weighted by molar-refractivity contribution is -0.137. The monoisotopic (exact) mass is 425 g/mol. The van der Waals surface area contributed by atoms with E-state index < -0.39 is 17.8 Å². The van der Waals surface area contributed by atoms with Gasteiger partial charge >= 0.3 is 6.18 Å². The van der Waals surface area contributed by atoms with E-state index >= 15 is 0 Å². The molecule has 0 radical (unpaired) electrons. The molecule has 1 amide bonds. The smallest absolute Gasteiger partial charge is 0.416 e. The molecule has 0 N–H and O–H groups in total. The third-order valence-corrected chi connectivity index (χ3v) is 5.45. The van der Waals surface area contributed by atoms with Gasteiger partial charge in [-0.05, 0) is 47.4 Å². The Morgan fingerprint density at radius 3 is 2.32 bits per heavy atom. The quantitative estimate of drug-likeness (QED) is 0.556. The van der Waals surface area contributed by atoms with Crippen molar-refractivity contribution in [3.8, 4) is 5.75 Å². The van der Waals surface area contributed by atoms with Gasteiger partial charge in [-0.25, -0.2) is 0 Å². The highest BCUT2D eigenvalue weighted by molar-refractivity contribution is 5.79. The SMILES string of the molecule is O=C(Cc1ccccc1)N1CCc2ccccc2C(Oc2ccc(C(F)(F)F)cc2)C1. The van der Waals surface area contributed by atoms with Crippen LogP contribution >= 0.6 is 0 Å². The van der Waals surface area contributed by atoms with E-state index in [2.05, 4.69) is 0 Å². The van der Waals surface area contributed by atoms with E-state index in [9.17, 15) is 18.0 Å². The van der Waals surface area contributed by atoms with Crippen molar-refractivity contribution in [2.75, 3.05) is 13.1 Å². The summed E-state index contributed by atoms with van der Waals surface area (Å²) in [5, 5.41) is 0. The number of carbonyl (C=O) groups is 1.